The molecule has 0 aliphatic carbocycles. The number of hydrogen-bond acceptors (Lipinski definition) is 5. The van der Waals surface area contributed by atoms with Crippen molar-refractivity contribution in [2.45, 2.75) is 19.0 Å². The molecular weight excluding hydrogens is 262 g/mol. The van der Waals surface area contributed by atoms with Crippen molar-refractivity contribution in [2.75, 3.05) is 18.5 Å². The maximum Gasteiger partial charge on any atom is 0.270 e. The Kier molecular flexibility index (Phi) is 4.73. The van der Waals surface area contributed by atoms with E-state index in [4.69, 9.17) is 5.11 Å². The number of nitrogens with one attached hydrogen (secondary N) is 1. The van der Waals surface area contributed by atoms with Crippen LogP contribution in [0.15, 0.2) is 18.2 Å². The van der Waals surface area contributed by atoms with Crippen molar-refractivity contribution in [3.05, 3.63) is 33.9 Å². The molecule has 1 aromatic rings. The van der Waals surface area contributed by atoms with Gasteiger partial charge in [-0.1, -0.05) is 0 Å². The predicted octanol–water partition coefficient (Wildman–Crippen LogP) is 1.69. The summed E-state index contributed by atoms with van der Waals surface area (Å²) in [5.74, 6) is 0. The second kappa shape index (κ2) is 5.89. The molecular formula is C11H14F2N2O4. The van der Waals surface area contributed by atoms with Crippen molar-refractivity contribution in [3.8, 4) is 0 Å². The molecule has 0 aromatic heterocycles. The Labute approximate surface area is 107 Å². The highest BCUT2D eigenvalue weighted by atomic mass is 19.3. The first-order valence-corrected chi connectivity index (χ1v) is 5.40. The highest BCUT2D eigenvalue weighted by molar-refractivity contribution is 5.56. The van der Waals surface area contributed by atoms with Gasteiger partial charge in [-0.25, -0.2) is 8.78 Å². The highest BCUT2D eigenvalue weighted by Gasteiger charge is 2.22. The summed E-state index contributed by atoms with van der Waals surface area (Å²) in [6, 6.07) is 3.01. The molecule has 0 saturated carbocycles. The van der Waals surface area contributed by atoms with E-state index in [1.165, 1.54) is 6.92 Å². The fourth-order valence-electron chi connectivity index (χ4n) is 1.35. The third-order valence-corrected chi connectivity index (χ3v) is 2.48. The van der Waals surface area contributed by atoms with E-state index in [0.717, 1.165) is 18.2 Å². The van der Waals surface area contributed by atoms with Crippen LogP contribution in [0.4, 0.5) is 20.2 Å². The van der Waals surface area contributed by atoms with Crippen molar-refractivity contribution in [1.82, 2.24) is 0 Å². The summed E-state index contributed by atoms with van der Waals surface area (Å²) in [5.41, 5.74) is -2.45. The van der Waals surface area contributed by atoms with Gasteiger partial charge in [-0.3, -0.25) is 10.1 Å². The average Bonchev–Trinajstić information content (AvgIpc) is 2.36. The Hall–Kier alpha value is -1.80. The van der Waals surface area contributed by atoms with Gasteiger partial charge in [0.2, 0.25) is 0 Å². The van der Waals surface area contributed by atoms with E-state index in [9.17, 15) is 24.0 Å². The fraction of sp³-hybridized carbons (Fsp3) is 0.455. The van der Waals surface area contributed by atoms with Gasteiger partial charge in [0.05, 0.1) is 11.5 Å². The Balaban J connectivity index is 2.97. The second-order valence-electron chi connectivity index (χ2n) is 4.34. The van der Waals surface area contributed by atoms with Crippen LogP contribution in [0.3, 0.4) is 0 Å². The molecule has 8 heteroatoms. The minimum atomic E-state index is -2.89. The molecule has 3 N–H and O–H groups in total. The SMILES string of the molecule is CC(O)(CO)CNc1ccc([N+](=O)[O-])cc1C(F)F. The lowest BCUT2D eigenvalue weighted by atomic mass is 10.1. The molecule has 0 spiro atoms. The lowest BCUT2D eigenvalue weighted by Crippen LogP contribution is -2.37. The van der Waals surface area contributed by atoms with Crippen molar-refractivity contribution in [1.29, 1.82) is 0 Å². The van der Waals surface area contributed by atoms with Gasteiger partial charge in [0.1, 0.15) is 5.60 Å². The lowest BCUT2D eigenvalue weighted by molar-refractivity contribution is -0.385. The van der Waals surface area contributed by atoms with Crippen LogP contribution in [-0.4, -0.2) is 33.9 Å². The van der Waals surface area contributed by atoms with Gasteiger partial charge in [0.25, 0.3) is 12.1 Å². The number of halogens is 2. The number of anilines is 1. The van der Waals surface area contributed by atoms with Gasteiger partial charge in [-0.15, -0.1) is 0 Å². The molecule has 1 atom stereocenters. The summed E-state index contributed by atoms with van der Waals surface area (Å²) in [6.45, 7) is 0.617. The summed E-state index contributed by atoms with van der Waals surface area (Å²) in [6.07, 6.45) is -2.89. The van der Waals surface area contributed by atoms with E-state index >= 15 is 0 Å². The normalized spacial score (nSPS) is 14.2. The summed E-state index contributed by atoms with van der Waals surface area (Å²) in [5, 5.41) is 31.4. The Morgan fingerprint density at radius 3 is 2.63 bits per heavy atom. The minimum Gasteiger partial charge on any atom is -0.393 e. The van der Waals surface area contributed by atoms with Crippen LogP contribution < -0.4 is 5.32 Å². The number of non-ortho nitro benzene ring substituents is 1. The van der Waals surface area contributed by atoms with Crippen LogP contribution >= 0.6 is 0 Å². The zero-order chi connectivity index (χ0) is 14.6. The number of nitro groups is 1. The molecule has 0 amide bonds. The molecule has 0 aliphatic rings. The van der Waals surface area contributed by atoms with Gasteiger partial charge in [0, 0.05) is 29.9 Å². The molecule has 1 rings (SSSR count). The van der Waals surface area contributed by atoms with Crippen molar-refractivity contribution in [3.63, 3.8) is 0 Å². The second-order valence-corrected chi connectivity index (χ2v) is 4.34. The topological polar surface area (TPSA) is 95.6 Å². The van der Waals surface area contributed by atoms with Crippen molar-refractivity contribution < 1.29 is 23.9 Å². The van der Waals surface area contributed by atoms with Crippen LogP contribution in [0.2, 0.25) is 0 Å². The number of benzene rings is 1. The first kappa shape index (κ1) is 15.3. The molecule has 6 nitrogen and oxygen atoms in total. The molecule has 0 radical (unpaired) electrons. The maximum absolute atomic E-state index is 12.8. The van der Waals surface area contributed by atoms with Crippen LogP contribution in [0.1, 0.15) is 18.9 Å². The van der Waals surface area contributed by atoms with E-state index in [0.29, 0.717) is 0 Å². The number of nitrogens with zero attached hydrogens (tertiary/aromatic N) is 1. The van der Waals surface area contributed by atoms with Crippen LogP contribution in [-0.2, 0) is 0 Å². The summed E-state index contributed by atoms with van der Waals surface area (Å²) in [4.78, 5) is 9.75. The molecule has 1 unspecified atom stereocenters. The zero-order valence-electron chi connectivity index (χ0n) is 10.1. The zero-order valence-corrected chi connectivity index (χ0v) is 10.1. The standard InChI is InChI=1S/C11H14F2N2O4/c1-11(17,6-16)5-14-9-3-2-7(15(18)19)4-8(9)10(12)13/h2-4,10,14,16-17H,5-6H2,1H3. The number of rotatable bonds is 6. The van der Waals surface area contributed by atoms with Crippen LogP contribution in [0.5, 0.6) is 0 Å². The van der Waals surface area contributed by atoms with E-state index in [1.807, 2.05) is 0 Å². The van der Waals surface area contributed by atoms with Gasteiger partial charge >= 0.3 is 0 Å². The summed E-state index contributed by atoms with van der Waals surface area (Å²) in [7, 11) is 0. The molecule has 19 heavy (non-hydrogen) atoms. The van der Waals surface area contributed by atoms with Crippen molar-refractivity contribution in [2.24, 2.45) is 0 Å². The van der Waals surface area contributed by atoms with Gasteiger partial charge in [-0.05, 0) is 13.0 Å². The molecule has 0 saturated heterocycles. The maximum atomic E-state index is 12.8. The molecule has 1 aromatic carbocycles. The van der Waals surface area contributed by atoms with E-state index in [2.05, 4.69) is 5.32 Å². The molecule has 0 bridgehead atoms. The quantitative estimate of drug-likeness (QED) is 0.542. The largest absolute Gasteiger partial charge is 0.393 e. The van der Waals surface area contributed by atoms with Gasteiger partial charge < -0.3 is 15.5 Å². The molecule has 106 valence electrons. The van der Waals surface area contributed by atoms with Crippen molar-refractivity contribution >= 4 is 11.4 Å². The van der Waals surface area contributed by atoms with Crippen LogP contribution in [0.25, 0.3) is 0 Å². The average molecular weight is 276 g/mol. The van der Waals surface area contributed by atoms with E-state index in [-0.39, 0.29) is 12.2 Å². The highest BCUT2D eigenvalue weighted by Crippen LogP contribution is 2.30. The smallest absolute Gasteiger partial charge is 0.270 e. The number of hydrogen-bond donors (Lipinski definition) is 3. The van der Waals surface area contributed by atoms with Gasteiger partial charge in [0.15, 0.2) is 0 Å². The molecule has 0 heterocycles. The van der Waals surface area contributed by atoms with Gasteiger partial charge in [-0.2, -0.15) is 0 Å². The molecule has 0 fully saturated rings. The first-order chi connectivity index (χ1) is 8.76. The Bertz CT molecular complexity index is 466. The monoisotopic (exact) mass is 276 g/mol. The van der Waals surface area contributed by atoms with E-state index < -0.39 is 34.8 Å². The van der Waals surface area contributed by atoms with E-state index in [1.54, 1.807) is 0 Å². The number of nitro benzene ring substituents is 1. The lowest BCUT2D eigenvalue weighted by Gasteiger charge is -2.22. The third-order valence-electron chi connectivity index (χ3n) is 2.48. The predicted molar refractivity (Wildman–Crippen MR) is 64.3 cm³/mol. The Morgan fingerprint density at radius 2 is 2.16 bits per heavy atom. The summed E-state index contributed by atoms with van der Waals surface area (Å²) >= 11 is 0. The summed E-state index contributed by atoms with van der Waals surface area (Å²) < 4.78 is 25.6. The Morgan fingerprint density at radius 1 is 1.53 bits per heavy atom. The number of aliphatic hydroxyl groups excluding tert-OH is 1. The number of alkyl halides is 2. The van der Waals surface area contributed by atoms with Crippen LogP contribution in [0, 0.1) is 10.1 Å². The number of aliphatic hydroxyl groups is 2. The first-order valence-electron chi connectivity index (χ1n) is 5.40. The fourth-order valence-corrected chi connectivity index (χ4v) is 1.35. The minimum absolute atomic E-state index is 0.0191. The molecule has 0 aliphatic heterocycles. The third kappa shape index (κ3) is 4.11.